The predicted octanol–water partition coefficient (Wildman–Crippen LogP) is 10.9. The Morgan fingerprint density at radius 2 is 1.11 bits per heavy atom. The van der Waals surface area contributed by atoms with Crippen LogP contribution >= 0.6 is 0 Å². The van der Waals surface area contributed by atoms with Gasteiger partial charge in [0.15, 0.2) is 0 Å². The van der Waals surface area contributed by atoms with Gasteiger partial charge in [-0.3, -0.25) is 0 Å². The van der Waals surface area contributed by atoms with Crippen LogP contribution in [0.15, 0.2) is 164 Å². The van der Waals surface area contributed by atoms with Crippen molar-refractivity contribution in [2.24, 2.45) is 0 Å². The van der Waals surface area contributed by atoms with E-state index in [1.54, 1.807) is 0 Å². The third-order valence-corrected chi connectivity index (χ3v) is 9.48. The van der Waals surface area contributed by atoms with Crippen LogP contribution in [0.2, 0.25) is 0 Å². The molecule has 5 aromatic carbocycles. The zero-order valence-corrected chi connectivity index (χ0v) is 28.0. The van der Waals surface area contributed by atoms with Gasteiger partial charge in [-0.15, -0.1) is 12.1 Å². The first-order valence-electron chi connectivity index (χ1n) is 16.5. The fourth-order valence-electron chi connectivity index (χ4n) is 7.31. The van der Waals surface area contributed by atoms with Crippen molar-refractivity contribution < 1.29 is 16.8 Å². The Bertz CT molecular complexity index is 1760. The van der Waals surface area contributed by atoms with E-state index in [0.717, 1.165) is 0 Å². The van der Waals surface area contributed by atoms with Crippen LogP contribution in [0.3, 0.4) is 0 Å². The van der Waals surface area contributed by atoms with E-state index in [1.165, 1.54) is 69.0 Å². The van der Waals surface area contributed by atoms with Gasteiger partial charge in [0.05, 0.1) is 0 Å². The van der Waals surface area contributed by atoms with Crippen LogP contribution in [0.25, 0.3) is 22.3 Å². The summed E-state index contributed by atoms with van der Waals surface area (Å²) in [5.74, 6) is 1.69. The van der Waals surface area contributed by atoms with Crippen LogP contribution in [0, 0.1) is 5.92 Å². The molecule has 0 N–H and O–H groups in total. The molecule has 2 aliphatic rings. The van der Waals surface area contributed by atoms with Crippen molar-refractivity contribution in [1.82, 2.24) is 4.98 Å². The van der Waals surface area contributed by atoms with Gasteiger partial charge in [-0.1, -0.05) is 139 Å². The summed E-state index contributed by atoms with van der Waals surface area (Å²) in [6.45, 7) is 4.64. The van der Waals surface area contributed by atoms with Gasteiger partial charge >= 0.3 is 0 Å². The minimum absolute atomic E-state index is 0. The van der Waals surface area contributed by atoms with Gasteiger partial charge in [-0.05, 0) is 72.0 Å². The van der Waals surface area contributed by atoms with Crippen LogP contribution in [0.1, 0.15) is 54.9 Å². The molecule has 6 aromatic rings. The van der Waals surface area contributed by atoms with Crippen molar-refractivity contribution in [3.63, 3.8) is 0 Å². The number of anilines is 1. The molecule has 1 aromatic heterocycles. The van der Waals surface area contributed by atoms with Gasteiger partial charge in [0, 0.05) is 46.9 Å². The van der Waals surface area contributed by atoms with Gasteiger partial charge in [-0.25, -0.2) is 0 Å². The summed E-state index contributed by atoms with van der Waals surface area (Å²) in [7, 11) is 0. The van der Waals surface area contributed by atoms with Crippen molar-refractivity contribution in [2.75, 3.05) is 4.90 Å². The third kappa shape index (κ3) is 6.65. The number of rotatable bonds is 6. The topological polar surface area (TPSA) is 16.1 Å². The summed E-state index contributed by atoms with van der Waals surface area (Å²) in [5, 5.41) is 0. The molecular formula is C44H40CoN2-. The second-order valence-corrected chi connectivity index (χ2v) is 12.4. The molecule has 236 valence electrons. The maximum Gasteiger partial charge on any atom is 0.0467 e. The Kier molecular flexibility index (Phi) is 10.3. The van der Waals surface area contributed by atoms with Crippen molar-refractivity contribution >= 4 is 16.8 Å². The van der Waals surface area contributed by atoms with E-state index >= 15 is 0 Å². The summed E-state index contributed by atoms with van der Waals surface area (Å²) in [6.07, 6.45) is 6.45. The first-order valence-corrected chi connectivity index (χ1v) is 16.5. The minimum Gasteiger partial charge on any atom is -0.397 e. The molecule has 1 aliphatic carbocycles. The molecule has 0 spiro atoms. The second kappa shape index (κ2) is 14.9. The van der Waals surface area contributed by atoms with Gasteiger partial charge < -0.3 is 9.88 Å². The van der Waals surface area contributed by atoms with E-state index in [1.807, 2.05) is 12.4 Å². The fraction of sp³-hybridized carbons (Fsp3) is 0.159. The molecule has 3 heteroatoms. The molecule has 1 aliphatic heterocycles. The molecular weight excluding hydrogens is 615 g/mol. The predicted molar refractivity (Wildman–Crippen MR) is 194 cm³/mol. The first kappa shape index (κ1) is 32.4. The van der Waals surface area contributed by atoms with E-state index in [0.29, 0.717) is 12.1 Å². The van der Waals surface area contributed by atoms with E-state index in [4.69, 9.17) is 0 Å². The summed E-state index contributed by atoms with van der Waals surface area (Å²) in [5.41, 5.74) is 11.9. The number of hydrogen-bond acceptors (Lipinski definition) is 2. The van der Waals surface area contributed by atoms with E-state index in [-0.39, 0.29) is 22.7 Å². The van der Waals surface area contributed by atoms with Crippen molar-refractivity contribution in [2.45, 2.75) is 44.7 Å². The molecule has 3 atom stereocenters. The zero-order chi connectivity index (χ0) is 31.3. The van der Waals surface area contributed by atoms with Crippen LogP contribution < -0.4 is 4.90 Å². The molecule has 0 amide bonds. The van der Waals surface area contributed by atoms with Gasteiger partial charge in [0.2, 0.25) is 0 Å². The Labute approximate surface area is 290 Å². The molecule has 1 fully saturated rings. The second-order valence-electron chi connectivity index (χ2n) is 12.4. The van der Waals surface area contributed by atoms with Crippen LogP contribution in [-0.4, -0.2) is 17.1 Å². The van der Waals surface area contributed by atoms with Crippen molar-refractivity contribution in [3.05, 3.63) is 192 Å². The molecule has 2 nitrogen and oxygen atoms in total. The number of nitrogens with zero attached hydrogens (tertiary/aromatic N) is 2. The Hall–Kier alpha value is -4.57. The van der Waals surface area contributed by atoms with Gasteiger partial charge in [0.25, 0.3) is 0 Å². The van der Waals surface area contributed by atoms with Crippen molar-refractivity contribution in [1.29, 1.82) is 0 Å². The molecule has 0 bridgehead atoms. The largest absolute Gasteiger partial charge is 0.397 e. The molecule has 8 rings (SSSR count). The number of pyridine rings is 1. The monoisotopic (exact) mass is 655 g/mol. The van der Waals surface area contributed by atoms with Crippen LogP contribution in [-0.2, 0) is 16.8 Å². The van der Waals surface area contributed by atoms with Crippen molar-refractivity contribution in [3.8, 4) is 11.1 Å². The number of aromatic nitrogens is 1. The number of hydrogen-bond donors (Lipinski definition) is 0. The Morgan fingerprint density at radius 1 is 0.596 bits per heavy atom. The third-order valence-electron chi connectivity index (χ3n) is 9.48. The molecule has 0 saturated carbocycles. The maximum absolute atomic E-state index is 4.30. The summed E-state index contributed by atoms with van der Waals surface area (Å²) < 4.78 is 0. The Morgan fingerprint density at radius 3 is 1.68 bits per heavy atom. The molecule has 47 heavy (non-hydrogen) atoms. The smallest absolute Gasteiger partial charge is 0.0467 e. The zero-order valence-electron chi connectivity index (χ0n) is 27.0. The summed E-state index contributed by atoms with van der Waals surface area (Å²) >= 11 is 0. The first-order chi connectivity index (χ1) is 22.7. The van der Waals surface area contributed by atoms with Crippen LogP contribution in [0.5, 0.6) is 0 Å². The number of benzene rings is 4. The van der Waals surface area contributed by atoms with Gasteiger partial charge in [-0.2, -0.15) is 12.1 Å². The fourth-order valence-corrected chi connectivity index (χ4v) is 7.31. The normalized spacial score (nSPS) is 18.9. The average molecular weight is 656 g/mol. The average Bonchev–Trinajstić information content (AvgIpc) is 3.76. The quantitative estimate of drug-likeness (QED) is 0.166. The minimum atomic E-state index is 0. The van der Waals surface area contributed by atoms with Gasteiger partial charge in [0.1, 0.15) is 0 Å². The van der Waals surface area contributed by atoms with Crippen LogP contribution in [0.4, 0.5) is 5.69 Å². The number of allylic oxidation sites excluding steroid dienone is 2. The van der Waals surface area contributed by atoms with E-state index in [9.17, 15) is 0 Å². The summed E-state index contributed by atoms with van der Waals surface area (Å²) in [4.78, 5) is 6.84. The molecule has 2 heterocycles. The molecule has 1 saturated heterocycles. The maximum atomic E-state index is 4.30. The van der Waals surface area contributed by atoms with E-state index in [2.05, 4.69) is 175 Å². The SMILES string of the molecule is C[C@@H]1CC[C@@H](C)N1c1ccncc1-[c-]1cccc1.[Co].c1ccc([C]2C(c3ccccc3)=C(c3ccccc3)C2c2ccccc2)cc1. The Balaban J connectivity index is 0.000000176. The molecule has 2 radical (unpaired) electrons. The van der Waals surface area contributed by atoms with E-state index < -0.39 is 0 Å². The molecule has 1 unspecified atom stereocenters. The standard InChI is InChI=1S/C28H21.C16H19N2.Co/c1-5-13-21(14-6-1)25-26(22-15-7-2-8-16-22)28(24-19-11-4-12-20-24)27(25)23-17-9-3-10-18-23;1-12-7-8-13(2)18(12)16-9-10-17-11-15(16)14-5-3-4-6-14;/h1-20,25H;3-6,9-13H,7-8H2,1-2H3;/q;-1;/t;12-,13-;/m.1./s1. The summed E-state index contributed by atoms with van der Waals surface area (Å²) in [6, 6.07) is 55.2.